The van der Waals surface area contributed by atoms with Crippen LogP contribution in [0, 0.1) is 5.92 Å². The van der Waals surface area contributed by atoms with Crippen molar-refractivity contribution in [2.75, 3.05) is 45.5 Å². The molecule has 0 aromatic carbocycles. The molecule has 0 N–H and O–H groups in total. The van der Waals surface area contributed by atoms with Crippen molar-refractivity contribution in [1.29, 1.82) is 0 Å². The summed E-state index contributed by atoms with van der Waals surface area (Å²) in [5, 5.41) is 0. The monoisotopic (exact) mass is 250 g/mol. The molecule has 1 unspecified atom stereocenters. The van der Waals surface area contributed by atoms with Gasteiger partial charge in [0.25, 0.3) is 0 Å². The van der Waals surface area contributed by atoms with Crippen LogP contribution in [0.5, 0.6) is 0 Å². The van der Waals surface area contributed by atoms with Gasteiger partial charge in [0.15, 0.2) is 0 Å². The number of thioether (sulfide) groups is 1. The molecule has 0 saturated heterocycles. The number of hydrogen-bond acceptors (Lipinski definition) is 5. The molecule has 0 saturated carbocycles. The molecule has 0 aromatic heterocycles. The number of esters is 1. The lowest BCUT2D eigenvalue weighted by molar-refractivity contribution is -0.143. The number of carbonyl (C=O) groups excluding carboxylic acids is 1. The van der Waals surface area contributed by atoms with Crippen LogP contribution in [-0.4, -0.2) is 51.5 Å². The first-order chi connectivity index (χ1) is 7.72. The predicted molar refractivity (Wildman–Crippen MR) is 65.8 cm³/mol. The Morgan fingerprint density at radius 2 is 2.00 bits per heavy atom. The van der Waals surface area contributed by atoms with Crippen LogP contribution in [0.2, 0.25) is 0 Å². The molecule has 5 heteroatoms. The molecule has 0 aliphatic carbocycles. The summed E-state index contributed by atoms with van der Waals surface area (Å²) in [6.45, 7) is 3.93. The standard InChI is InChI=1S/C11H22O4S/c1-10(11(12)14-3)9-16-8-4-5-15-7-6-13-2/h10H,4-9H2,1-3H3. The number of carbonyl (C=O) groups is 1. The molecule has 1 atom stereocenters. The van der Waals surface area contributed by atoms with Crippen LogP contribution >= 0.6 is 11.8 Å². The molecule has 0 bridgehead atoms. The van der Waals surface area contributed by atoms with Crippen molar-refractivity contribution in [1.82, 2.24) is 0 Å². The van der Waals surface area contributed by atoms with E-state index in [2.05, 4.69) is 4.74 Å². The zero-order valence-electron chi connectivity index (χ0n) is 10.4. The largest absolute Gasteiger partial charge is 0.469 e. The molecular weight excluding hydrogens is 228 g/mol. The predicted octanol–water partition coefficient (Wildman–Crippen LogP) is 1.58. The van der Waals surface area contributed by atoms with Crippen molar-refractivity contribution in [3.8, 4) is 0 Å². The van der Waals surface area contributed by atoms with Crippen LogP contribution in [0.1, 0.15) is 13.3 Å². The Bertz CT molecular complexity index is 175. The second-order valence-electron chi connectivity index (χ2n) is 3.46. The zero-order valence-corrected chi connectivity index (χ0v) is 11.2. The molecule has 0 amide bonds. The Hall–Kier alpha value is -0.260. The fourth-order valence-electron chi connectivity index (χ4n) is 1.04. The summed E-state index contributed by atoms with van der Waals surface area (Å²) in [5.41, 5.74) is 0. The Morgan fingerprint density at radius 3 is 2.62 bits per heavy atom. The average Bonchev–Trinajstić information content (AvgIpc) is 2.31. The van der Waals surface area contributed by atoms with Gasteiger partial charge in [-0.25, -0.2) is 0 Å². The van der Waals surface area contributed by atoms with Crippen molar-refractivity contribution < 1.29 is 19.0 Å². The topological polar surface area (TPSA) is 44.8 Å². The number of hydrogen-bond donors (Lipinski definition) is 0. The van der Waals surface area contributed by atoms with Gasteiger partial charge >= 0.3 is 5.97 Å². The Balaban J connectivity index is 3.17. The molecule has 0 radical (unpaired) electrons. The van der Waals surface area contributed by atoms with E-state index in [1.165, 1.54) is 7.11 Å². The SMILES string of the molecule is COCCOCCCSCC(C)C(=O)OC. The minimum Gasteiger partial charge on any atom is -0.469 e. The highest BCUT2D eigenvalue weighted by molar-refractivity contribution is 7.99. The van der Waals surface area contributed by atoms with Gasteiger partial charge in [-0.3, -0.25) is 4.79 Å². The summed E-state index contributed by atoms with van der Waals surface area (Å²) in [5.74, 6) is 1.66. The van der Waals surface area contributed by atoms with Crippen molar-refractivity contribution in [2.24, 2.45) is 5.92 Å². The molecule has 0 aliphatic rings. The summed E-state index contributed by atoms with van der Waals surface area (Å²) in [4.78, 5) is 11.1. The van der Waals surface area contributed by atoms with Crippen LogP contribution < -0.4 is 0 Å². The van der Waals surface area contributed by atoms with E-state index < -0.39 is 0 Å². The maximum atomic E-state index is 11.1. The van der Waals surface area contributed by atoms with Gasteiger partial charge in [0, 0.05) is 19.5 Å². The van der Waals surface area contributed by atoms with Gasteiger partial charge in [-0.15, -0.1) is 0 Å². The van der Waals surface area contributed by atoms with E-state index in [4.69, 9.17) is 9.47 Å². The summed E-state index contributed by atoms with van der Waals surface area (Å²) in [7, 11) is 3.08. The highest BCUT2D eigenvalue weighted by Gasteiger charge is 2.12. The summed E-state index contributed by atoms with van der Waals surface area (Å²) < 4.78 is 14.8. The Kier molecular flexibility index (Phi) is 11.0. The van der Waals surface area contributed by atoms with Crippen LogP contribution in [-0.2, 0) is 19.0 Å². The maximum Gasteiger partial charge on any atom is 0.309 e. The van der Waals surface area contributed by atoms with Crippen LogP contribution in [0.15, 0.2) is 0 Å². The lowest BCUT2D eigenvalue weighted by Gasteiger charge is -2.08. The molecule has 0 rings (SSSR count). The number of ether oxygens (including phenoxy) is 3. The van der Waals surface area contributed by atoms with Crippen LogP contribution in [0.4, 0.5) is 0 Å². The van der Waals surface area contributed by atoms with Crippen molar-refractivity contribution in [2.45, 2.75) is 13.3 Å². The third-order valence-electron chi connectivity index (χ3n) is 1.98. The van der Waals surface area contributed by atoms with Gasteiger partial charge in [-0.1, -0.05) is 6.92 Å². The normalized spacial score (nSPS) is 12.4. The van der Waals surface area contributed by atoms with Gasteiger partial charge in [-0.05, 0) is 12.2 Å². The first kappa shape index (κ1) is 15.7. The second-order valence-corrected chi connectivity index (χ2v) is 4.61. The molecule has 16 heavy (non-hydrogen) atoms. The zero-order chi connectivity index (χ0) is 12.2. The fourth-order valence-corrected chi connectivity index (χ4v) is 2.01. The van der Waals surface area contributed by atoms with E-state index in [1.54, 1.807) is 18.9 Å². The third-order valence-corrected chi connectivity index (χ3v) is 3.29. The van der Waals surface area contributed by atoms with Gasteiger partial charge < -0.3 is 14.2 Å². The third kappa shape index (κ3) is 9.00. The van der Waals surface area contributed by atoms with E-state index in [0.29, 0.717) is 13.2 Å². The van der Waals surface area contributed by atoms with Crippen molar-refractivity contribution >= 4 is 17.7 Å². The Labute approximate surface area is 102 Å². The van der Waals surface area contributed by atoms with E-state index in [0.717, 1.165) is 24.5 Å². The van der Waals surface area contributed by atoms with E-state index in [1.807, 2.05) is 6.92 Å². The van der Waals surface area contributed by atoms with Crippen LogP contribution in [0.25, 0.3) is 0 Å². The lowest BCUT2D eigenvalue weighted by atomic mass is 10.2. The Morgan fingerprint density at radius 1 is 1.25 bits per heavy atom. The molecule has 0 fully saturated rings. The van der Waals surface area contributed by atoms with Gasteiger partial charge in [0.05, 0.1) is 26.2 Å². The second kappa shape index (κ2) is 11.2. The maximum absolute atomic E-state index is 11.1. The first-order valence-electron chi connectivity index (χ1n) is 5.44. The van der Waals surface area contributed by atoms with E-state index in [-0.39, 0.29) is 11.9 Å². The summed E-state index contributed by atoms with van der Waals surface area (Å²) >= 11 is 1.76. The van der Waals surface area contributed by atoms with E-state index >= 15 is 0 Å². The van der Waals surface area contributed by atoms with Crippen molar-refractivity contribution in [3.63, 3.8) is 0 Å². The van der Waals surface area contributed by atoms with Crippen LogP contribution in [0.3, 0.4) is 0 Å². The minimum atomic E-state index is -0.135. The number of rotatable bonds is 10. The number of methoxy groups -OCH3 is 2. The van der Waals surface area contributed by atoms with E-state index in [9.17, 15) is 4.79 Å². The molecule has 0 aliphatic heterocycles. The fraction of sp³-hybridized carbons (Fsp3) is 0.909. The molecule has 0 spiro atoms. The van der Waals surface area contributed by atoms with Crippen molar-refractivity contribution in [3.05, 3.63) is 0 Å². The summed E-state index contributed by atoms with van der Waals surface area (Å²) in [6, 6.07) is 0. The molecular formula is C11H22O4S. The first-order valence-corrected chi connectivity index (χ1v) is 6.60. The highest BCUT2D eigenvalue weighted by atomic mass is 32.2. The molecule has 96 valence electrons. The van der Waals surface area contributed by atoms with Gasteiger partial charge in [0.1, 0.15) is 0 Å². The molecule has 4 nitrogen and oxygen atoms in total. The minimum absolute atomic E-state index is 0.0237. The van der Waals surface area contributed by atoms with Gasteiger partial charge in [0.2, 0.25) is 0 Å². The quantitative estimate of drug-likeness (QED) is 0.435. The summed E-state index contributed by atoms with van der Waals surface area (Å²) in [6.07, 6.45) is 1.00. The average molecular weight is 250 g/mol. The molecule has 0 heterocycles. The van der Waals surface area contributed by atoms with Gasteiger partial charge in [-0.2, -0.15) is 11.8 Å². The highest BCUT2D eigenvalue weighted by Crippen LogP contribution is 2.10. The smallest absolute Gasteiger partial charge is 0.309 e. The molecule has 0 aromatic rings. The lowest BCUT2D eigenvalue weighted by Crippen LogP contribution is -2.15.